The molecule has 0 bridgehead atoms. The third kappa shape index (κ3) is 8.83. The van der Waals surface area contributed by atoms with Gasteiger partial charge in [-0.2, -0.15) is 0 Å². The average molecular weight is 385 g/mol. The molecule has 1 aromatic heterocycles. The normalized spacial score (nSPS) is 10.9. The second-order valence-electron chi connectivity index (χ2n) is 7.27. The summed E-state index contributed by atoms with van der Waals surface area (Å²) >= 11 is 0. The summed E-state index contributed by atoms with van der Waals surface area (Å²) in [6.45, 7) is 6.34. The van der Waals surface area contributed by atoms with Crippen LogP contribution >= 0.6 is 0 Å². The predicted octanol–water partition coefficient (Wildman–Crippen LogP) is 6.24. The van der Waals surface area contributed by atoms with Crippen molar-refractivity contribution in [2.24, 2.45) is 0 Å². The third-order valence-electron chi connectivity index (χ3n) is 4.73. The van der Waals surface area contributed by atoms with Gasteiger partial charge >= 0.3 is 0 Å². The Balaban J connectivity index is 1.70. The highest BCUT2D eigenvalue weighted by Crippen LogP contribution is 2.19. The number of aromatic nitrogens is 2. The number of nitrogens with zero attached hydrogens (tertiary/aromatic N) is 2. The van der Waals surface area contributed by atoms with Crippen molar-refractivity contribution in [1.29, 1.82) is 0 Å². The molecule has 0 saturated carbocycles. The maximum atomic E-state index is 5.68. The van der Waals surface area contributed by atoms with E-state index in [2.05, 4.69) is 23.8 Å². The zero-order valence-electron chi connectivity index (χ0n) is 17.7. The highest BCUT2D eigenvalue weighted by atomic mass is 16.5. The molecule has 0 unspecified atom stereocenters. The average Bonchev–Trinajstić information content (AvgIpc) is 2.74. The molecule has 2 rings (SSSR count). The monoisotopic (exact) mass is 384 g/mol. The zero-order valence-corrected chi connectivity index (χ0v) is 17.7. The van der Waals surface area contributed by atoms with Crippen LogP contribution in [-0.4, -0.2) is 29.8 Å². The number of ether oxygens (including phenoxy) is 2. The number of aryl methyl sites for hydroxylation is 1. The Kier molecular flexibility index (Phi) is 11.3. The first-order valence-electron chi connectivity index (χ1n) is 11.0. The SMILES string of the molecule is CCCCCCCCCc1cnc(-c2ccc(OCCOCCC)cc2)nc1. The quantitative estimate of drug-likeness (QED) is 0.341. The maximum absolute atomic E-state index is 5.68. The fourth-order valence-electron chi connectivity index (χ4n) is 3.08. The molecular weight excluding hydrogens is 348 g/mol. The highest BCUT2D eigenvalue weighted by Gasteiger charge is 2.03. The van der Waals surface area contributed by atoms with E-state index in [-0.39, 0.29) is 0 Å². The van der Waals surface area contributed by atoms with E-state index in [1.807, 2.05) is 36.7 Å². The van der Waals surface area contributed by atoms with Crippen LogP contribution in [0.25, 0.3) is 11.4 Å². The van der Waals surface area contributed by atoms with Crippen molar-refractivity contribution < 1.29 is 9.47 Å². The summed E-state index contributed by atoms with van der Waals surface area (Å²) in [6, 6.07) is 7.94. The minimum Gasteiger partial charge on any atom is -0.491 e. The number of hydrogen-bond acceptors (Lipinski definition) is 4. The number of benzene rings is 1. The van der Waals surface area contributed by atoms with Gasteiger partial charge in [0, 0.05) is 24.6 Å². The lowest BCUT2D eigenvalue weighted by molar-refractivity contribution is 0.101. The van der Waals surface area contributed by atoms with Gasteiger partial charge in [0.2, 0.25) is 0 Å². The summed E-state index contributed by atoms with van der Waals surface area (Å²) in [5.74, 6) is 1.61. The van der Waals surface area contributed by atoms with Crippen molar-refractivity contribution in [1.82, 2.24) is 9.97 Å². The topological polar surface area (TPSA) is 44.2 Å². The lowest BCUT2D eigenvalue weighted by Crippen LogP contribution is -2.07. The van der Waals surface area contributed by atoms with Gasteiger partial charge in [0.25, 0.3) is 0 Å². The maximum Gasteiger partial charge on any atom is 0.159 e. The largest absolute Gasteiger partial charge is 0.491 e. The molecule has 0 aliphatic heterocycles. The molecule has 0 saturated heterocycles. The fourth-order valence-corrected chi connectivity index (χ4v) is 3.08. The Hall–Kier alpha value is -1.94. The van der Waals surface area contributed by atoms with E-state index < -0.39 is 0 Å². The van der Waals surface area contributed by atoms with Crippen LogP contribution in [0, 0.1) is 0 Å². The molecule has 0 fully saturated rings. The van der Waals surface area contributed by atoms with Crippen LogP contribution in [0.4, 0.5) is 0 Å². The molecule has 4 heteroatoms. The van der Waals surface area contributed by atoms with Crippen molar-refractivity contribution in [2.45, 2.75) is 71.6 Å². The minimum absolute atomic E-state index is 0.573. The molecule has 0 N–H and O–H groups in total. The molecule has 0 radical (unpaired) electrons. The molecule has 1 aromatic carbocycles. The summed E-state index contributed by atoms with van der Waals surface area (Å²) in [6.07, 6.45) is 15.3. The molecule has 154 valence electrons. The Morgan fingerprint density at radius 2 is 1.39 bits per heavy atom. The Labute approximate surface area is 170 Å². The second-order valence-corrected chi connectivity index (χ2v) is 7.27. The zero-order chi connectivity index (χ0) is 19.9. The second kappa shape index (κ2) is 14.1. The van der Waals surface area contributed by atoms with E-state index in [4.69, 9.17) is 9.47 Å². The van der Waals surface area contributed by atoms with Gasteiger partial charge in [-0.25, -0.2) is 9.97 Å². The standard InChI is InChI=1S/C24H36N2O2/c1-3-5-6-7-8-9-10-11-21-19-25-24(26-20-21)22-12-14-23(15-13-22)28-18-17-27-16-4-2/h12-15,19-20H,3-11,16-18H2,1-2H3. The Morgan fingerprint density at radius 1 is 0.714 bits per heavy atom. The van der Waals surface area contributed by atoms with Crippen LogP contribution in [0.3, 0.4) is 0 Å². The third-order valence-corrected chi connectivity index (χ3v) is 4.73. The first-order chi connectivity index (χ1) is 13.8. The molecular formula is C24H36N2O2. The molecule has 0 aliphatic carbocycles. The van der Waals surface area contributed by atoms with Gasteiger partial charge in [-0.3, -0.25) is 0 Å². The van der Waals surface area contributed by atoms with E-state index in [0.29, 0.717) is 13.2 Å². The number of rotatable bonds is 15. The van der Waals surface area contributed by atoms with Gasteiger partial charge in [0.15, 0.2) is 5.82 Å². The van der Waals surface area contributed by atoms with E-state index >= 15 is 0 Å². The molecule has 0 atom stereocenters. The summed E-state index contributed by atoms with van der Waals surface area (Å²) < 4.78 is 11.1. The summed E-state index contributed by atoms with van der Waals surface area (Å²) in [4.78, 5) is 9.08. The summed E-state index contributed by atoms with van der Waals surface area (Å²) in [7, 11) is 0. The Bertz CT molecular complexity index is 626. The van der Waals surface area contributed by atoms with Crippen molar-refractivity contribution >= 4 is 0 Å². The first-order valence-corrected chi connectivity index (χ1v) is 11.0. The summed E-state index contributed by atoms with van der Waals surface area (Å²) in [5, 5.41) is 0. The smallest absolute Gasteiger partial charge is 0.159 e. The van der Waals surface area contributed by atoms with Crippen molar-refractivity contribution in [2.75, 3.05) is 19.8 Å². The molecule has 0 aliphatic rings. The minimum atomic E-state index is 0.573. The Morgan fingerprint density at radius 3 is 2.07 bits per heavy atom. The van der Waals surface area contributed by atoms with E-state index in [1.165, 1.54) is 50.5 Å². The van der Waals surface area contributed by atoms with Gasteiger partial charge < -0.3 is 9.47 Å². The lowest BCUT2D eigenvalue weighted by atomic mass is 10.1. The first kappa shape index (κ1) is 22.4. The van der Waals surface area contributed by atoms with Gasteiger partial charge in [0.05, 0.1) is 6.61 Å². The molecule has 0 amide bonds. The van der Waals surface area contributed by atoms with Crippen molar-refractivity contribution in [3.63, 3.8) is 0 Å². The van der Waals surface area contributed by atoms with Gasteiger partial charge in [-0.1, -0.05) is 52.4 Å². The number of unbranched alkanes of at least 4 members (excludes halogenated alkanes) is 6. The van der Waals surface area contributed by atoms with E-state index in [1.54, 1.807) is 0 Å². The molecule has 2 aromatic rings. The van der Waals surface area contributed by atoms with Crippen LogP contribution in [0.1, 0.15) is 70.8 Å². The lowest BCUT2D eigenvalue weighted by Gasteiger charge is -2.07. The molecule has 4 nitrogen and oxygen atoms in total. The van der Waals surface area contributed by atoms with Crippen molar-refractivity contribution in [3.8, 4) is 17.1 Å². The van der Waals surface area contributed by atoms with Crippen LogP contribution in [0.15, 0.2) is 36.7 Å². The van der Waals surface area contributed by atoms with Crippen LogP contribution < -0.4 is 4.74 Å². The highest BCUT2D eigenvalue weighted by molar-refractivity contribution is 5.55. The fraction of sp³-hybridized carbons (Fsp3) is 0.583. The van der Waals surface area contributed by atoms with Crippen molar-refractivity contribution in [3.05, 3.63) is 42.2 Å². The number of hydrogen-bond donors (Lipinski definition) is 0. The van der Waals surface area contributed by atoms with Crippen LogP contribution in [0.5, 0.6) is 5.75 Å². The molecule has 0 spiro atoms. The predicted molar refractivity (Wildman–Crippen MR) is 116 cm³/mol. The van der Waals surface area contributed by atoms with E-state index in [9.17, 15) is 0 Å². The van der Waals surface area contributed by atoms with Gasteiger partial charge in [0.1, 0.15) is 12.4 Å². The summed E-state index contributed by atoms with van der Waals surface area (Å²) in [5.41, 5.74) is 2.24. The molecule has 28 heavy (non-hydrogen) atoms. The van der Waals surface area contributed by atoms with Crippen LogP contribution in [0.2, 0.25) is 0 Å². The van der Waals surface area contributed by atoms with Gasteiger partial charge in [-0.05, 0) is 49.1 Å². The van der Waals surface area contributed by atoms with E-state index in [0.717, 1.165) is 36.6 Å². The van der Waals surface area contributed by atoms with Crippen LogP contribution in [-0.2, 0) is 11.2 Å². The molecule has 1 heterocycles. The van der Waals surface area contributed by atoms with Gasteiger partial charge in [-0.15, -0.1) is 0 Å².